The van der Waals surface area contributed by atoms with Crippen molar-refractivity contribution in [2.75, 3.05) is 18.8 Å². The van der Waals surface area contributed by atoms with Crippen LogP contribution < -0.4 is 15.8 Å². The van der Waals surface area contributed by atoms with Gasteiger partial charge in [0.2, 0.25) is 5.82 Å². The lowest BCUT2D eigenvalue weighted by atomic mass is 9.69. The molecule has 1 spiro atoms. The molecule has 8 heteroatoms. The summed E-state index contributed by atoms with van der Waals surface area (Å²) >= 11 is 0. The van der Waals surface area contributed by atoms with Gasteiger partial charge in [-0.25, -0.2) is 19.9 Å². The van der Waals surface area contributed by atoms with E-state index in [4.69, 9.17) is 15.5 Å². The number of piperidine rings is 1. The second kappa shape index (κ2) is 7.55. The van der Waals surface area contributed by atoms with E-state index in [0.717, 1.165) is 49.8 Å². The zero-order valence-corrected chi connectivity index (χ0v) is 18.5. The molecule has 1 saturated carbocycles. The quantitative estimate of drug-likeness (QED) is 0.652. The van der Waals surface area contributed by atoms with Crippen molar-refractivity contribution in [3.8, 4) is 17.4 Å². The van der Waals surface area contributed by atoms with E-state index in [-0.39, 0.29) is 0 Å². The second-order valence-electron chi connectivity index (χ2n) is 9.50. The summed E-state index contributed by atoms with van der Waals surface area (Å²) in [6.07, 6.45) is 14.4. The van der Waals surface area contributed by atoms with Gasteiger partial charge in [0.25, 0.3) is 0 Å². The zero-order chi connectivity index (χ0) is 21.7. The summed E-state index contributed by atoms with van der Waals surface area (Å²) in [6.45, 7) is 2.28. The maximum Gasteiger partial charge on any atom is 0.201 e. The molecule has 0 aromatic carbocycles. The van der Waals surface area contributed by atoms with Crippen molar-refractivity contribution in [2.24, 2.45) is 12.5 Å². The highest BCUT2D eigenvalue weighted by atomic mass is 16.5. The van der Waals surface area contributed by atoms with Crippen LogP contribution in [0.15, 0.2) is 24.5 Å². The van der Waals surface area contributed by atoms with Crippen molar-refractivity contribution in [2.45, 2.75) is 51.0 Å². The molecule has 2 aliphatic carbocycles. The monoisotopic (exact) mass is 431 g/mol. The number of ether oxygens (including phenoxy) is 1. The fourth-order valence-corrected chi connectivity index (χ4v) is 5.08. The Morgan fingerprint density at radius 1 is 1.09 bits per heavy atom. The molecule has 166 valence electrons. The predicted octanol–water partition coefficient (Wildman–Crippen LogP) is 3.49. The first kappa shape index (κ1) is 19.7. The molecule has 1 saturated heterocycles. The van der Waals surface area contributed by atoms with Crippen LogP contribution in [0.4, 0.5) is 5.82 Å². The van der Waals surface area contributed by atoms with Crippen molar-refractivity contribution in [3.05, 3.63) is 30.2 Å². The van der Waals surface area contributed by atoms with Crippen LogP contribution in [0.5, 0.6) is 5.75 Å². The van der Waals surface area contributed by atoms with Gasteiger partial charge in [-0.15, -0.1) is 0 Å². The molecule has 4 heterocycles. The zero-order valence-electron chi connectivity index (χ0n) is 18.5. The number of fused-ring (bicyclic) bond motifs is 1. The van der Waals surface area contributed by atoms with Crippen molar-refractivity contribution in [1.29, 1.82) is 0 Å². The summed E-state index contributed by atoms with van der Waals surface area (Å²) in [5, 5.41) is 4.37. The number of hydrogen-bond donors (Lipinski definition) is 2. The fourth-order valence-electron chi connectivity index (χ4n) is 5.08. The Kier molecular flexibility index (Phi) is 4.64. The first-order chi connectivity index (χ1) is 15.6. The lowest BCUT2D eigenvalue weighted by Gasteiger charge is -2.40. The van der Waals surface area contributed by atoms with E-state index >= 15 is 0 Å². The number of allylic oxidation sites excluding steroid dienone is 2. The lowest BCUT2D eigenvalue weighted by molar-refractivity contribution is 0.184. The Morgan fingerprint density at radius 3 is 2.56 bits per heavy atom. The Balaban J connectivity index is 1.31. The molecule has 32 heavy (non-hydrogen) atoms. The molecule has 8 nitrogen and oxygen atoms in total. The van der Waals surface area contributed by atoms with Crippen LogP contribution in [-0.4, -0.2) is 43.7 Å². The topological polar surface area (TPSA) is 104 Å². The van der Waals surface area contributed by atoms with Gasteiger partial charge in [0, 0.05) is 12.7 Å². The van der Waals surface area contributed by atoms with Crippen molar-refractivity contribution >= 4 is 22.4 Å². The number of anilines is 1. The number of rotatable bonds is 4. The molecule has 0 bridgehead atoms. The summed E-state index contributed by atoms with van der Waals surface area (Å²) in [5.74, 6) is 2.03. The van der Waals surface area contributed by atoms with Crippen LogP contribution in [0.25, 0.3) is 28.3 Å². The van der Waals surface area contributed by atoms with Gasteiger partial charge >= 0.3 is 0 Å². The largest absolute Gasteiger partial charge is 0.487 e. The Labute approximate surface area is 187 Å². The van der Waals surface area contributed by atoms with E-state index in [1.54, 1.807) is 12.4 Å². The van der Waals surface area contributed by atoms with Gasteiger partial charge in [-0.2, -0.15) is 0 Å². The van der Waals surface area contributed by atoms with E-state index in [1.807, 2.05) is 0 Å². The fraction of sp³-hybridized carbons (Fsp3) is 0.500. The van der Waals surface area contributed by atoms with Gasteiger partial charge in [-0.3, -0.25) is 0 Å². The molecule has 6 rings (SSSR count). The van der Waals surface area contributed by atoms with Gasteiger partial charge in [-0.1, -0.05) is 6.08 Å². The van der Waals surface area contributed by atoms with E-state index in [2.05, 4.69) is 44.0 Å². The SMILES string of the molecule is Cn1c(C2=CCC3(CCNCC3)CC2)cc2c(N)nc(-c3ncc(OC4CC4)cn3)nc21. The number of nitrogens with one attached hydrogen (secondary N) is 1. The number of nitrogens with zero attached hydrogens (tertiary/aromatic N) is 5. The van der Waals surface area contributed by atoms with Crippen LogP contribution in [0.1, 0.15) is 50.6 Å². The highest BCUT2D eigenvalue weighted by Crippen LogP contribution is 2.45. The number of hydrogen-bond acceptors (Lipinski definition) is 7. The van der Waals surface area contributed by atoms with Gasteiger partial charge in [0.15, 0.2) is 11.6 Å². The van der Waals surface area contributed by atoms with Crippen molar-refractivity contribution in [3.63, 3.8) is 0 Å². The summed E-state index contributed by atoms with van der Waals surface area (Å²) in [4.78, 5) is 18.1. The van der Waals surface area contributed by atoms with Crippen molar-refractivity contribution < 1.29 is 4.74 Å². The third-order valence-electron chi connectivity index (χ3n) is 7.27. The highest BCUT2D eigenvalue weighted by molar-refractivity contribution is 5.91. The van der Waals surface area contributed by atoms with Crippen LogP contribution >= 0.6 is 0 Å². The third-order valence-corrected chi connectivity index (χ3v) is 7.27. The molecule has 3 aliphatic rings. The molecule has 1 aliphatic heterocycles. The number of nitrogen functional groups attached to an aromatic ring is 1. The second-order valence-corrected chi connectivity index (χ2v) is 9.50. The average Bonchev–Trinajstić information content (AvgIpc) is 3.57. The van der Waals surface area contributed by atoms with E-state index in [1.165, 1.54) is 30.5 Å². The number of aromatic nitrogens is 5. The molecule has 3 aromatic heterocycles. The third kappa shape index (κ3) is 3.52. The predicted molar refractivity (Wildman–Crippen MR) is 124 cm³/mol. The average molecular weight is 432 g/mol. The first-order valence-electron chi connectivity index (χ1n) is 11.6. The molecule has 3 aromatic rings. The minimum atomic E-state index is 0.313. The molecule has 0 radical (unpaired) electrons. The maximum absolute atomic E-state index is 6.35. The van der Waals surface area contributed by atoms with Crippen LogP contribution in [0, 0.1) is 5.41 Å². The van der Waals surface area contributed by atoms with Gasteiger partial charge in [0.1, 0.15) is 11.5 Å². The molecule has 0 atom stereocenters. The lowest BCUT2D eigenvalue weighted by Crippen LogP contribution is -2.37. The van der Waals surface area contributed by atoms with E-state index in [9.17, 15) is 0 Å². The first-order valence-corrected chi connectivity index (χ1v) is 11.6. The summed E-state index contributed by atoms with van der Waals surface area (Å²) in [5.41, 5.74) is 10.2. The Bertz CT molecular complexity index is 1190. The van der Waals surface area contributed by atoms with Crippen LogP contribution in [0.2, 0.25) is 0 Å². The highest BCUT2D eigenvalue weighted by Gasteiger charge is 2.34. The summed E-state index contributed by atoms with van der Waals surface area (Å²) in [7, 11) is 2.05. The smallest absolute Gasteiger partial charge is 0.201 e. The standard InChI is InChI=1S/C24H29N7O/c1-31-19(15-4-6-24(7-5-15)8-10-26-11-9-24)12-18-20(25)29-22(30-23(18)31)21-27-13-17(14-28-21)32-16-2-3-16/h4,12-14,16,26H,2-3,5-11H2,1H3,(H2,25,29,30). The molecule has 0 amide bonds. The van der Waals surface area contributed by atoms with Gasteiger partial charge in [0.05, 0.1) is 23.9 Å². The maximum atomic E-state index is 6.35. The molecule has 0 unspecified atom stereocenters. The minimum absolute atomic E-state index is 0.313. The number of aryl methyl sites for hydroxylation is 1. The Hall–Kier alpha value is -3.00. The Morgan fingerprint density at radius 2 is 1.88 bits per heavy atom. The van der Waals surface area contributed by atoms with Gasteiger partial charge in [-0.05, 0) is 75.1 Å². The van der Waals surface area contributed by atoms with E-state index in [0.29, 0.717) is 34.7 Å². The summed E-state index contributed by atoms with van der Waals surface area (Å²) in [6, 6.07) is 2.13. The molecular formula is C24H29N7O. The van der Waals surface area contributed by atoms with Crippen LogP contribution in [0.3, 0.4) is 0 Å². The summed E-state index contributed by atoms with van der Waals surface area (Å²) < 4.78 is 7.87. The van der Waals surface area contributed by atoms with Crippen LogP contribution in [-0.2, 0) is 7.05 Å². The number of nitrogens with two attached hydrogens (primary N) is 1. The molecule has 2 fully saturated rings. The normalized spacial score (nSPS) is 20.5. The van der Waals surface area contributed by atoms with Crippen molar-refractivity contribution in [1.82, 2.24) is 29.8 Å². The minimum Gasteiger partial charge on any atom is -0.487 e. The van der Waals surface area contributed by atoms with E-state index < -0.39 is 0 Å². The van der Waals surface area contributed by atoms with Gasteiger partial charge < -0.3 is 20.4 Å². The molecular weight excluding hydrogens is 402 g/mol. The molecule has 3 N–H and O–H groups in total.